The van der Waals surface area contributed by atoms with Gasteiger partial charge in [0, 0.05) is 55.2 Å². The molecule has 1 aliphatic heterocycles. The number of halogens is 2. The summed E-state index contributed by atoms with van der Waals surface area (Å²) >= 11 is 6.10. The molecule has 1 aliphatic carbocycles. The van der Waals surface area contributed by atoms with E-state index in [2.05, 4.69) is 37.3 Å². The topological polar surface area (TPSA) is 110 Å². The van der Waals surface area contributed by atoms with Crippen molar-refractivity contribution in [3.8, 4) is 17.1 Å². The smallest absolute Gasteiger partial charge is 0.257 e. The standard InChI is InChI=1S/C26H29ClFN7O2/c1-34-8-10-35(11-9-34)12-13-37-24-22(16-21(32-33-24)19-14-17(27)2-3-20(19)28)31-18-4-7-30-23(15-18)26(5-6-26)25(29)36/h2-4,7,14-16H,5-6,8-13H2,1H3,(H2,29,36)(H,30,31,32). The monoisotopic (exact) mass is 525 g/mol. The maximum absolute atomic E-state index is 14.6. The van der Waals surface area contributed by atoms with E-state index < -0.39 is 11.2 Å². The van der Waals surface area contributed by atoms with Crippen LogP contribution in [0.3, 0.4) is 0 Å². The first-order valence-electron chi connectivity index (χ1n) is 12.2. The number of carbonyl (C=O) groups is 1. The molecule has 0 spiro atoms. The van der Waals surface area contributed by atoms with Crippen molar-refractivity contribution in [2.75, 3.05) is 51.7 Å². The average Bonchev–Trinajstić information content (AvgIpc) is 3.70. The average molecular weight is 526 g/mol. The number of hydrogen-bond donors (Lipinski definition) is 2. The Morgan fingerprint density at radius 1 is 1.16 bits per heavy atom. The third-order valence-electron chi connectivity index (χ3n) is 6.96. The van der Waals surface area contributed by atoms with E-state index in [-0.39, 0.29) is 17.4 Å². The molecule has 1 saturated heterocycles. The van der Waals surface area contributed by atoms with Crippen LogP contribution in [0, 0.1) is 5.82 Å². The fourth-order valence-corrected chi connectivity index (χ4v) is 4.60. The Morgan fingerprint density at radius 3 is 2.68 bits per heavy atom. The third kappa shape index (κ3) is 5.66. The van der Waals surface area contributed by atoms with Crippen molar-refractivity contribution in [3.63, 3.8) is 0 Å². The number of aromatic nitrogens is 3. The number of primary amides is 1. The van der Waals surface area contributed by atoms with Gasteiger partial charge in [0.15, 0.2) is 0 Å². The van der Waals surface area contributed by atoms with Crippen LogP contribution >= 0.6 is 11.6 Å². The summed E-state index contributed by atoms with van der Waals surface area (Å²) in [5, 5.41) is 12.2. The molecule has 0 radical (unpaired) electrons. The number of nitrogens with one attached hydrogen (secondary N) is 1. The minimum absolute atomic E-state index is 0.230. The molecule has 3 N–H and O–H groups in total. The van der Waals surface area contributed by atoms with E-state index >= 15 is 0 Å². The number of nitrogens with zero attached hydrogens (tertiary/aromatic N) is 5. The molecule has 0 atom stereocenters. The van der Waals surface area contributed by atoms with Gasteiger partial charge in [0.25, 0.3) is 5.88 Å². The van der Waals surface area contributed by atoms with Gasteiger partial charge in [-0.15, -0.1) is 10.2 Å². The molecule has 3 heterocycles. The van der Waals surface area contributed by atoms with E-state index in [1.54, 1.807) is 24.4 Å². The SMILES string of the molecule is CN1CCN(CCOc2nnc(-c3cc(Cl)ccc3F)cc2Nc2ccnc(C3(C(N)=O)CC3)c2)CC1. The van der Waals surface area contributed by atoms with Crippen LogP contribution in [0.5, 0.6) is 5.88 Å². The fourth-order valence-electron chi connectivity index (χ4n) is 4.42. The molecule has 0 bridgehead atoms. The molecule has 37 heavy (non-hydrogen) atoms. The van der Waals surface area contributed by atoms with Gasteiger partial charge in [0.2, 0.25) is 5.91 Å². The van der Waals surface area contributed by atoms with E-state index in [0.29, 0.717) is 47.2 Å². The molecule has 1 amide bonds. The first-order chi connectivity index (χ1) is 17.8. The van der Waals surface area contributed by atoms with Crippen molar-refractivity contribution in [2.24, 2.45) is 5.73 Å². The lowest BCUT2D eigenvalue weighted by atomic mass is 10.0. The molecule has 11 heteroatoms. The number of carbonyl (C=O) groups excluding carboxylic acids is 1. The number of anilines is 2. The second-order valence-corrected chi connectivity index (χ2v) is 10.0. The van der Waals surface area contributed by atoms with Crippen molar-refractivity contribution < 1.29 is 13.9 Å². The minimum atomic E-state index is -0.717. The van der Waals surface area contributed by atoms with Crippen molar-refractivity contribution >= 4 is 28.9 Å². The Hall–Kier alpha value is -3.34. The van der Waals surface area contributed by atoms with E-state index in [1.165, 1.54) is 18.2 Å². The Labute approximate surface area is 219 Å². The van der Waals surface area contributed by atoms with Gasteiger partial charge in [-0.05, 0) is 56.3 Å². The summed E-state index contributed by atoms with van der Waals surface area (Å²) in [6.45, 7) is 5.16. The Bertz CT molecular complexity index is 1300. The van der Waals surface area contributed by atoms with Crippen LogP contribution in [0.4, 0.5) is 15.8 Å². The van der Waals surface area contributed by atoms with Gasteiger partial charge in [0.05, 0.1) is 16.8 Å². The largest absolute Gasteiger partial charge is 0.474 e. The molecule has 5 rings (SSSR count). The first-order valence-corrected chi connectivity index (χ1v) is 12.6. The highest BCUT2D eigenvalue weighted by molar-refractivity contribution is 6.30. The van der Waals surface area contributed by atoms with E-state index in [1.807, 2.05) is 0 Å². The molecule has 2 aliphatic rings. The number of hydrogen-bond acceptors (Lipinski definition) is 8. The van der Waals surface area contributed by atoms with E-state index in [9.17, 15) is 9.18 Å². The zero-order valence-electron chi connectivity index (χ0n) is 20.6. The van der Waals surface area contributed by atoms with Crippen LogP contribution in [-0.2, 0) is 10.2 Å². The molecule has 1 saturated carbocycles. The predicted molar refractivity (Wildman–Crippen MR) is 139 cm³/mol. The lowest BCUT2D eigenvalue weighted by molar-refractivity contribution is -0.120. The number of pyridine rings is 1. The number of nitrogens with two attached hydrogens (primary N) is 1. The highest BCUT2D eigenvalue weighted by atomic mass is 35.5. The summed E-state index contributed by atoms with van der Waals surface area (Å²) < 4.78 is 20.6. The molecule has 1 aromatic carbocycles. The van der Waals surface area contributed by atoms with Crippen LogP contribution in [0.2, 0.25) is 5.02 Å². The Morgan fingerprint density at radius 2 is 1.95 bits per heavy atom. The summed E-state index contributed by atoms with van der Waals surface area (Å²) in [7, 11) is 2.12. The summed E-state index contributed by atoms with van der Waals surface area (Å²) in [6, 6.07) is 9.52. The van der Waals surface area contributed by atoms with Gasteiger partial charge in [-0.3, -0.25) is 14.7 Å². The van der Waals surface area contributed by atoms with Crippen LogP contribution in [0.15, 0.2) is 42.6 Å². The number of amides is 1. The van der Waals surface area contributed by atoms with Gasteiger partial charge < -0.3 is 20.7 Å². The quantitative estimate of drug-likeness (QED) is 0.438. The van der Waals surface area contributed by atoms with Crippen LogP contribution in [0.1, 0.15) is 18.5 Å². The van der Waals surface area contributed by atoms with Gasteiger partial charge >= 0.3 is 0 Å². The normalized spacial score (nSPS) is 17.4. The maximum atomic E-state index is 14.6. The Balaban J connectivity index is 1.40. The lowest BCUT2D eigenvalue weighted by Crippen LogP contribution is -2.45. The highest BCUT2D eigenvalue weighted by Gasteiger charge is 2.51. The van der Waals surface area contributed by atoms with Gasteiger partial charge in [-0.2, -0.15) is 0 Å². The van der Waals surface area contributed by atoms with E-state index in [0.717, 1.165) is 32.7 Å². The second kappa shape index (κ2) is 10.6. The van der Waals surface area contributed by atoms with Crippen LogP contribution in [-0.4, -0.2) is 77.3 Å². The van der Waals surface area contributed by atoms with Crippen LogP contribution < -0.4 is 15.8 Å². The third-order valence-corrected chi connectivity index (χ3v) is 7.19. The molecular formula is C26H29ClFN7O2. The van der Waals surface area contributed by atoms with Gasteiger partial charge in [-0.1, -0.05) is 11.6 Å². The van der Waals surface area contributed by atoms with Crippen molar-refractivity contribution in [3.05, 3.63) is 59.1 Å². The molecule has 2 fully saturated rings. The summed E-state index contributed by atoms with van der Waals surface area (Å²) in [5.74, 6) is -0.555. The van der Waals surface area contributed by atoms with Gasteiger partial charge in [-0.25, -0.2) is 4.39 Å². The van der Waals surface area contributed by atoms with Crippen molar-refractivity contribution in [1.82, 2.24) is 25.0 Å². The molecule has 2 aromatic heterocycles. The zero-order chi connectivity index (χ0) is 26.0. The first kappa shape index (κ1) is 25.3. The molecule has 3 aromatic rings. The van der Waals surface area contributed by atoms with E-state index in [4.69, 9.17) is 22.1 Å². The molecule has 9 nitrogen and oxygen atoms in total. The van der Waals surface area contributed by atoms with Crippen LogP contribution in [0.25, 0.3) is 11.3 Å². The molecule has 194 valence electrons. The summed E-state index contributed by atoms with van der Waals surface area (Å²) in [4.78, 5) is 21.0. The van der Waals surface area contributed by atoms with Gasteiger partial charge in [0.1, 0.15) is 18.1 Å². The fraction of sp³-hybridized carbons (Fsp3) is 0.385. The second-order valence-electron chi connectivity index (χ2n) is 9.57. The summed E-state index contributed by atoms with van der Waals surface area (Å²) in [6.07, 6.45) is 2.98. The van der Waals surface area contributed by atoms with Crippen molar-refractivity contribution in [2.45, 2.75) is 18.3 Å². The number of ether oxygens (including phenoxy) is 1. The summed E-state index contributed by atoms with van der Waals surface area (Å²) in [5.41, 5.74) is 7.25. The molecular weight excluding hydrogens is 497 g/mol. The minimum Gasteiger partial charge on any atom is -0.474 e. The highest BCUT2D eigenvalue weighted by Crippen LogP contribution is 2.47. The predicted octanol–water partition coefficient (Wildman–Crippen LogP) is 3.22. The number of benzene rings is 1. The number of piperazine rings is 1. The zero-order valence-corrected chi connectivity index (χ0v) is 21.3. The maximum Gasteiger partial charge on any atom is 0.257 e. The molecule has 0 unspecified atom stereocenters. The lowest BCUT2D eigenvalue weighted by Gasteiger charge is -2.32. The number of rotatable bonds is 9. The number of likely N-dealkylation sites (N-methyl/N-ethyl adjacent to an activating group) is 1. The van der Waals surface area contributed by atoms with Crippen molar-refractivity contribution in [1.29, 1.82) is 0 Å². The Kier molecular flexibility index (Phi) is 7.23.